The zero-order chi connectivity index (χ0) is 20.1. The van der Waals surface area contributed by atoms with Crippen molar-refractivity contribution < 1.29 is 9.47 Å². The van der Waals surface area contributed by atoms with Crippen molar-refractivity contribution in [1.29, 1.82) is 0 Å². The van der Waals surface area contributed by atoms with Crippen molar-refractivity contribution in [1.82, 2.24) is 20.0 Å². The highest BCUT2D eigenvalue weighted by molar-refractivity contribution is 5.69. The molecule has 0 fully saturated rings. The molecule has 0 unspecified atom stereocenters. The first kappa shape index (κ1) is 18.5. The van der Waals surface area contributed by atoms with E-state index in [0.717, 1.165) is 28.2 Å². The van der Waals surface area contributed by atoms with Crippen LogP contribution in [0.4, 0.5) is 5.82 Å². The van der Waals surface area contributed by atoms with Crippen molar-refractivity contribution in [3.05, 3.63) is 84.2 Å². The molecule has 146 valence electrons. The zero-order valence-electron chi connectivity index (χ0n) is 16.0. The van der Waals surface area contributed by atoms with Crippen molar-refractivity contribution in [3.8, 4) is 22.8 Å². The Kier molecular flexibility index (Phi) is 5.38. The lowest BCUT2D eigenvalue weighted by Crippen LogP contribution is -2.01. The van der Waals surface area contributed by atoms with Gasteiger partial charge in [0, 0.05) is 11.8 Å². The van der Waals surface area contributed by atoms with Crippen LogP contribution in [0.3, 0.4) is 0 Å². The Labute approximate surface area is 168 Å². The third kappa shape index (κ3) is 4.52. The first-order valence-electron chi connectivity index (χ1n) is 9.17. The summed E-state index contributed by atoms with van der Waals surface area (Å²) in [6, 6.07) is 19.5. The minimum atomic E-state index is 0.442. The molecule has 2 heterocycles. The van der Waals surface area contributed by atoms with Gasteiger partial charge in [0.25, 0.3) is 0 Å². The standard InChI is InChI=1S/C22H21N5O2/c1-28-19-5-2-4-17(12-19)15-29-18-9-7-16(8-10-18)13-27-14-21(25-26-27)20-6-3-11-24-22(20)23/h2-12,14H,13,15H2,1H3,(H2,23,24). The summed E-state index contributed by atoms with van der Waals surface area (Å²) >= 11 is 0. The zero-order valence-corrected chi connectivity index (χ0v) is 16.0. The van der Waals surface area contributed by atoms with E-state index in [4.69, 9.17) is 15.2 Å². The third-order valence-electron chi connectivity index (χ3n) is 4.46. The number of methoxy groups -OCH3 is 1. The van der Waals surface area contributed by atoms with Crippen molar-refractivity contribution in [2.45, 2.75) is 13.2 Å². The van der Waals surface area contributed by atoms with Gasteiger partial charge in [-0.1, -0.05) is 29.5 Å². The highest BCUT2D eigenvalue weighted by Gasteiger charge is 2.08. The van der Waals surface area contributed by atoms with E-state index in [9.17, 15) is 0 Å². The molecular weight excluding hydrogens is 366 g/mol. The first-order chi connectivity index (χ1) is 14.2. The van der Waals surface area contributed by atoms with Crippen molar-refractivity contribution in [2.75, 3.05) is 12.8 Å². The number of hydrogen-bond acceptors (Lipinski definition) is 6. The molecule has 0 atom stereocenters. The normalized spacial score (nSPS) is 10.7. The number of nitrogens with two attached hydrogens (primary N) is 1. The Bertz CT molecular complexity index is 1090. The molecule has 0 saturated heterocycles. The Morgan fingerprint density at radius 3 is 2.62 bits per heavy atom. The Morgan fingerprint density at radius 1 is 0.966 bits per heavy atom. The molecule has 0 radical (unpaired) electrons. The van der Waals surface area contributed by atoms with Crippen LogP contribution < -0.4 is 15.2 Å². The molecule has 2 N–H and O–H groups in total. The lowest BCUT2D eigenvalue weighted by molar-refractivity contribution is 0.305. The molecule has 0 amide bonds. The van der Waals surface area contributed by atoms with Gasteiger partial charge in [0.2, 0.25) is 0 Å². The number of rotatable bonds is 7. The van der Waals surface area contributed by atoms with Gasteiger partial charge >= 0.3 is 0 Å². The van der Waals surface area contributed by atoms with E-state index in [2.05, 4.69) is 15.3 Å². The second-order valence-electron chi connectivity index (χ2n) is 6.52. The number of ether oxygens (including phenoxy) is 2. The minimum Gasteiger partial charge on any atom is -0.497 e. The van der Waals surface area contributed by atoms with Gasteiger partial charge in [0.15, 0.2) is 0 Å². The van der Waals surface area contributed by atoms with Gasteiger partial charge < -0.3 is 15.2 Å². The first-order valence-corrected chi connectivity index (χ1v) is 9.17. The molecule has 0 saturated carbocycles. The monoisotopic (exact) mass is 387 g/mol. The van der Waals surface area contributed by atoms with Crippen LogP contribution in [0.2, 0.25) is 0 Å². The van der Waals surface area contributed by atoms with Crippen LogP contribution in [0, 0.1) is 0 Å². The summed E-state index contributed by atoms with van der Waals surface area (Å²) in [4.78, 5) is 4.09. The van der Waals surface area contributed by atoms with Gasteiger partial charge in [-0.3, -0.25) is 0 Å². The van der Waals surface area contributed by atoms with Gasteiger partial charge in [-0.15, -0.1) is 5.10 Å². The minimum absolute atomic E-state index is 0.442. The fraction of sp³-hybridized carbons (Fsp3) is 0.136. The summed E-state index contributed by atoms with van der Waals surface area (Å²) in [5.74, 6) is 2.07. The summed E-state index contributed by atoms with van der Waals surface area (Å²) in [6.07, 6.45) is 3.52. The smallest absolute Gasteiger partial charge is 0.132 e. The summed E-state index contributed by atoms with van der Waals surface area (Å²) in [5.41, 5.74) is 9.54. The van der Waals surface area contributed by atoms with Gasteiger partial charge in [0.1, 0.15) is 29.6 Å². The maximum absolute atomic E-state index is 5.91. The molecule has 29 heavy (non-hydrogen) atoms. The van der Waals surface area contributed by atoms with Gasteiger partial charge in [-0.2, -0.15) is 0 Å². The molecule has 2 aromatic heterocycles. The summed E-state index contributed by atoms with van der Waals surface area (Å²) < 4.78 is 12.9. The van der Waals surface area contributed by atoms with E-state index >= 15 is 0 Å². The second-order valence-corrected chi connectivity index (χ2v) is 6.52. The van der Waals surface area contributed by atoms with Crippen LogP contribution in [0.5, 0.6) is 11.5 Å². The van der Waals surface area contributed by atoms with Crippen molar-refractivity contribution >= 4 is 5.82 Å². The largest absolute Gasteiger partial charge is 0.497 e. The quantitative estimate of drug-likeness (QED) is 0.522. The van der Waals surface area contributed by atoms with Gasteiger partial charge in [-0.25, -0.2) is 9.67 Å². The Balaban J connectivity index is 1.38. The molecule has 0 aliphatic carbocycles. The van der Waals surface area contributed by atoms with Gasteiger partial charge in [-0.05, 0) is 47.5 Å². The summed E-state index contributed by atoms with van der Waals surface area (Å²) in [6.45, 7) is 1.08. The molecule has 0 spiro atoms. The molecule has 2 aromatic carbocycles. The number of pyridine rings is 1. The van der Waals surface area contributed by atoms with E-state index < -0.39 is 0 Å². The predicted molar refractivity (Wildman–Crippen MR) is 111 cm³/mol. The van der Waals surface area contributed by atoms with Crippen LogP contribution >= 0.6 is 0 Å². The van der Waals surface area contributed by atoms with E-state index in [1.165, 1.54) is 0 Å². The average molecular weight is 387 g/mol. The Morgan fingerprint density at radius 2 is 1.83 bits per heavy atom. The molecule has 4 aromatic rings. The molecule has 7 nitrogen and oxygen atoms in total. The summed E-state index contributed by atoms with van der Waals surface area (Å²) in [7, 11) is 1.66. The Hall–Kier alpha value is -3.87. The van der Waals surface area contributed by atoms with Crippen LogP contribution in [0.15, 0.2) is 73.1 Å². The third-order valence-corrected chi connectivity index (χ3v) is 4.46. The number of aromatic nitrogens is 4. The predicted octanol–water partition coefficient (Wildman–Crippen LogP) is 3.56. The van der Waals surface area contributed by atoms with E-state index in [-0.39, 0.29) is 0 Å². The van der Waals surface area contributed by atoms with E-state index in [1.54, 1.807) is 18.0 Å². The molecular formula is C22H21N5O2. The molecule has 0 aliphatic rings. The number of anilines is 1. The number of hydrogen-bond donors (Lipinski definition) is 1. The topological polar surface area (TPSA) is 88.1 Å². The maximum atomic E-state index is 5.91. The van der Waals surface area contributed by atoms with Crippen molar-refractivity contribution in [3.63, 3.8) is 0 Å². The lowest BCUT2D eigenvalue weighted by Gasteiger charge is -2.08. The average Bonchev–Trinajstić information content (AvgIpc) is 3.22. The maximum Gasteiger partial charge on any atom is 0.132 e. The van der Waals surface area contributed by atoms with Gasteiger partial charge in [0.05, 0.1) is 19.9 Å². The molecule has 0 bridgehead atoms. The fourth-order valence-electron chi connectivity index (χ4n) is 2.94. The van der Waals surface area contributed by atoms with Crippen LogP contribution in [-0.2, 0) is 13.2 Å². The number of benzene rings is 2. The summed E-state index contributed by atoms with van der Waals surface area (Å²) in [5, 5.41) is 8.38. The number of nitrogen functional groups attached to an aromatic ring is 1. The van der Waals surface area contributed by atoms with Crippen molar-refractivity contribution in [2.24, 2.45) is 0 Å². The van der Waals surface area contributed by atoms with Crippen LogP contribution in [0.25, 0.3) is 11.3 Å². The van der Waals surface area contributed by atoms with Crippen LogP contribution in [0.1, 0.15) is 11.1 Å². The van der Waals surface area contributed by atoms with Crippen LogP contribution in [-0.4, -0.2) is 27.1 Å². The molecule has 4 rings (SSSR count). The highest BCUT2D eigenvalue weighted by atomic mass is 16.5. The van der Waals surface area contributed by atoms with E-state index in [1.807, 2.05) is 66.9 Å². The fourth-order valence-corrected chi connectivity index (χ4v) is 2.94. The second kappa shape index (κ2) is 8.43. The molecule has 7 heteroatoms. The van der Waals surface area contributed by atoms with E-state index in [0.29, 0.717) is 24.7 Å². The number of nitrogens with zero attached hydrogens (tertiary/aromatic N) is 4. The SMILES string of the molecule is COc1cccc(COc2ccc(Cn3cc(-c4cccnc4N)nn3)cc2)c1. The molecule has 0 aliphatic heterocycles. The highest BCUT2D eigenvalue weighted by Crippen LogP contribution is 2.21. The lowest BCUT2D eigenvalue weighted by atomic mass is 10.2.